The number of H-pyrrole nitrogens is 1. The van der Waals surface area contributed by atoms with Crippen molar-refractivity contribution in [2.45, 2.75) is 12.5 Å². The second-order valence-electron chi connectivity index (χ2n) is 3.69. The number of nitrogen functional groups attached to an aromatic ring is 1. The molecule has 0 aliphatic carbocycles. The number of hydrogen-bond donors (Lipinski definition) is 2. The van der Waals surface area contributed by atoms with E-state index in [-0.39, 0.29) is 23.5 Å². The van der Waals surface area contributed by atoms with Gasteiger partial charge in [-0.1, -0.05) is 0 Å². The van der Waals surface area contributed by atoms with E-state index in [2.05, 4.69) is 15.2 Å². The first kappa shape index (κ1) is 10.2. The van der Waals surface area contributed by atoms with Crippen LogP contribution in [0.15, 0.2) is 0 Å². The SMILES string of the molecule is CN(c1n[nH]c(N)n1)C1CCS(=O)(=O)C1. The molecule has 1 aromatic rings. The van der Waals surface area contributed by atoms with Gasteiger partial charge in [-0.2, -0.15) is 4.98 Å². The van der Waals surface area contributed by atoms with E-state index in [4.69, 9.17) is 5.73 Å². The standard InChI is InChI=1S/C7H13N5O2S/c1-12(7-9-6(8)10-11-7)5-2-3-15(13,14)4-5/h5H,2-4H2,1H3,(H3,8,9,10,11). The summed E-state index contributed by atoms with van der Waals surface area (Å²) in [5, 5.41) is 6.40. The number of nitrogens with one attached hydrogen (secondary N) is 1. The Kier molecular flexibility index (Phi) is 2.29. The molecule has 1 aliphatic rings. The summed E-state index contributed by atoms with van der Waals surface area (Å²) in [6.45, 7) is 0. The summed E-state index contributed by atoms with van der Waals surface area (Å²) in [6.07, 6.45) is 0.618. The lowest BCUT2D eigenvalue weighted by molar-refractivity contribution is 0.600. The molecular formula is C7H13N5O2S. The lowest BCUT2D eigenvalue weighted by atomic mass is 10.2. The molecule has 1 saturated heterocycles. The summed E-state index contributed by atoms with van der Waals surface area (Å²) in [5.74, 6) is 1.08. The second-order valence-corrected chi connectivity index (χ2v) is 5.92. The Morgan fingerprint density at radius 1 is 1.60 bits per heavy atom. The molecule has 1 unspecified atom stereocenters. The first-order valence-corrected chi connectivity index (χ1v) is 6.41. The third-order valence-corrected chi connectivity index (χ3v) is 4.31. The van der Waals surface area contributed by atoms with Gasteiger partial charge in [0.2, 0.25) is 11.9 Å². The summed E-state index contributed by atoms with van der Waals surface area (Å²) in [7, 11) is -1.11. The molecule has 8 heteroatoms. The first-order chi connectivity index (χ1) is 6.98. The summed E-state index contributed by atoms with van der Waals surface area (Å²) in [4.78, 5) is 5.69. The van der Waals surface area contributed by atoms with Crippen LogP contribution in [-0.2, 0) is 9.84 Å². The van der Waals surface area contributed by atoms with Crippen molar-refractivity contribution in [2.75, 3.05) is 29.2 Å². The van der Waals surface area contributed by atoms with Crippen molar-refractivity contribution in [1.29, 1.82) is 0 Å². The minimum absolute atomic E-state index is 0.0507. The predicted octanol–water partition coefficient (Wildman–Crippen LogP) is -0.990. The molecule has 0 saturated carbocycles. The van der Waals surface area contributed by atoms with Crippen molar-refractivity contribution >= 4 is 21.7 Å². The van der Waals surface area contributed by atoms with Crippen molar-refractivity contribution in [3.63, 3.8) is 0 Å². The fourth-order valence-corrected chi connectivity index (χ4v) is 3.44. The van der Waals surface area contributed by atoms with Gasteiger partial charge in [-0.3, -0.25) is 0 Å². The number of nitrogens with two attached hydrogens (primary N) is 1. The van der Waals surface area contributed by atoms with E-state index < -0.39 is 9.84 Å². The van der Waals surface area contributed by atoms with Crippen molar-refractivity contribution in [2.24, 2.45) is 0 Å². The zero-order chi connectivity index (χ0) is 11.1. The molecule has 3 N–H and O–H groups in total. The summed E-state index contributed by atoms with van der Waals surface area (Å²) in [5.41, 5.74) is 5.39. The van der Waals surface area contributed by atoms with Crippen LogP contribution in [0.4, 0.5) is 11.9 Å². The molecule has 1 fully saturated rings. The topological polar surface area (TPSA) is 105 Å². The number of nitrogens with zero attached hydrogens (tertiary/aromatic N) is 3. The number of aromatic amines is 1. The van der Waals surface area contributed by atoms with Crippen molar-refractivity contribution in [1.82, 2.24) is 15.2 Å². The monoisotopic (exact) mass is 231 g/mol. The van der Waals surface area contributed by atoms with Crippen LogP contribution in [-0.4, -0.2) is 48.2 Å². The van der Waals surface area contributed by atoms with Crippen LogP contribution in [0, 0.1) is 0 Å². The zero-order valence-electron chi connectivity index (χ0n) is 8.34. The van der Waals surface area contributed by atoms with Crippen LogP contribution in [0.25, 0.3) is 0 Å². The fraction of sp³-hybridized carbons (Fsp3) is 0.714. The van der Waals surface area contributed by atoms with Gasteiger partial charge in [0.15, 0.2) is 9.84 Å². The van der Waals surface area contributed by atoms with E-state index in [1.165, 1.54) is 0 Å². The molecule has 2 heterocycles. The van der Waals surface area contributed by atoms with E-state index in [9.17, 15) is 8.42 Å². The zero-order valence-corrected chi connectivity index (χ0v) is 9.16. The Morgan fingerprint density at radius 3 is 2.80 bits per heavy atom. The van der Waals surface area contributed by atoms with Gasteiger partial charge in [0, 0.05) is 13.1 Å². The molecule has 84 valence electrons. The summed E-state index contributed by atoms with van der Waals surface area (Å²) < 4.78 is 22.6. The second kappa shape index (κ2) is 3.37. The normalized spacial score (nSPS) is 24.2. The van der Waals surface area contributed by atoms with Gasteiger partial charge in [-0.25, -0.2) is 13.5 Å². The molecule has 2 rings (SSSR count). The van der Waals surface area contributed by atoms with Crippen LogP contribution in [0.3, 0.4) is 0 Å². The van der Waals surface area contributed by atoms with Crippen LogP contribution < -0.4 is 10.6 Å². The van der Waals surface area contributed by atoms with Crippen molar-refractivity contribution in [3.05, 3.63) is 0 Å². The maximum Gasteiger partial charge on any atom is 0.246 e. The molecule has 7 nitrogen and oxygen atoms in total. The van der Waals surface area contributed by atoms with Crippen LogP contribution >= 0.6 is 0 Å². The third-order valence-electron chi connectivity index (χ3n) is 2.56. The number of rotatable bonds is 2. The quantitative estimate of drug-likeness (QED) is 0.677. The van der Waals surface area contributed by atoms with Gasteiger partial charge in [0.25, 0.3) is 0 Å². The Hall–Kier alpha value is -1.31. The van der Waals surface area contributed by atoms with E-state index in [1.54, 1.807) is 11.9 Å². The lowest BCUT2D eigenvalue weighted by Crippen LogP contribution is -2.33. The van der Waals surface area contributed by atoms with Crippen LogP contribution in [0.1, 0.15) is 6.42 Å². The van der Waals surface area contributed by atoms with Gasteiger partial charge in [0.05, 0.1) is 11.5 Å². The largest absolute Gasteiger partial charge is 0.368 e. The minimum atomic E-state index is -2.88. The number of anilines is 2. The van der Waals surface area contributed by atoms with Gasteiger partial charge in [-0.05, 0) is 6.42 Å². The predicted molar refractivity (Wildman–Crippen MR) is 56.3 cm³/mol. The Labute approximate surface area is 87.6 Å². The van der Waals surface area contributed by atoms with Gasteiger partial charge in [-0.15, -0.1) is 5.10 Å². The highest BCUT2D eigenvalue weighted by atomic mass is 32.2. The molecule has 0 spiro atoms. The smallest absolute Gasteiger partial charge is 0.246 e. The maximum atomic E-state index is 11.3. The first-order valence-electron chi connectivity index (χ1n) is 4.59. The highest BCUT2D eigenvalue weighted by Crippen LogP contribution is 2.19. The van der Waals surface area contributed by atoms with E-state index in [1.807, 2.05) is 0 Å². The van der Waals surface area contributed by atoms with Gasteiger partial charge < -0.3 is 10.6 Å². The van der Waals surface area contributed by atoms with Crippen molar-refractivity contribution in [3.8, 4) is 0 Å². The van der Waals surface area contributed by atoms with E-state index >= 15 is 0 Å². The summed E-state index contributed by atoms with van der Waals surface area (Å²) in [6, 6.07) is -0.0507. The number of aromatic nitrogens is 3. The summed E-state index contributed by atoms with van der Waals surface area (Å²) >= 11 is 0. The molecule has 0 radical (unpaired) electrons. The Morgan fingerprint density at radius 2 is 2.33 bits per heavy atom. The van der Waals surface area contributed by atoms with E-state index in [0.29, 0.717) is 12.4 Å². The average molecular weight is 231 g/mol. The Bertz CT molecular complexity index is 454. The molecule has 0 amide bonds. The molecular weight excluding hydrogens is 218 g/mol. The highest BCUT2D eigenvalue weighted by Gasteiger charge is 2.31. The maximum absolute atomic E-state index is 11.3. The number of sulfone groups is 1. The van der Waals surface area contributed by atoms with Crippen molar-refractivity contribution < 1.29 is 8.42 Å². The third kappa shape index (κ3) is 2.04. The molecule has 0 aromatic carbocycles. The number of hydrogen-bond acceptors (Lipinski definition) is 6. The molecule has 1 aliphatic heterocycles. The average Bonchev–Trinajstić information content (AvgIpc) is 2.71. The lowest BCUT2D eigenvalue weighted by Gasteiger charge is -2.20. The highest BCUT2D eigenvalue weighted by molar-refractivity contribution is 7.91. The molecule has 1 aromatic heterocycles. The van der Waals surface area contributed by atoms with Gasteiger partial charge >= 0.3 is 0 Å². The molecule has 0 bridgehead atoms. The van der Waals surface area contributed by atoms with E-state index in [0.717, 1.165) is 0 Å². The van der Waals surface area contributed by atoms with Crippen LogP contribution in [0.2, 0.25) is 0 Å². The minimum Gasteiger partial charge on any atom is -0.368 e. The molecule has 15 heavy (non-hydrogen) atoms. The Balaban J connectivity index is 2.13. The van der Waals surface area contributed by atoms with Crippen LogP contribution in [0.5, 0.6) is 0 Å². The molecule has 1 atom stereocenters. The van der Waals surface area contributed by atoms with Gasteiger partial charge in [0.1, 0.15) is 0 Å². The fourth-order valence-electron chi connectivity index (χ4n) is 1.67.